The maximum absolute atomic E-state index is 13.3. The van der Waals surface area contributed by atoms with Gasteiger partial charge in [0, 0.05) is 12.6 Å². The summed E-state index contributed by atoms with van der Waals surface area (Å²) >= 11 is 0. The standard InChI is InChI=1S/C18H17FN2O3/c19-14-9-10-16-15(12-14)21(18(23)24-16)17(22)20-11-5-4-8-13-6-2-1-3-7-13/h1-3,6-7,9-10,12H,4-5,8,11H2,(H,20,22). The van der Waals surface area contributed by atoms with Gasteiger partial charge in [0.1, 0.15) is 11.3 Å². The number of nitrogens with one attached hydrogen (secondary N) is 1. The lowest BCUT2D eigenvalue weighted by Crippen LogP contribution is -2.34. The number of benzene rings is 2. The van der Waals surface area contributed by atoms with Gasteiger partial charge in [-0.25, -0.2) is 14.0 Å². The highest BCUT2D eigenvalue weighted by atomic mass is 19.1. The maximum Gasteiger partial charge on any atom is 0.428 e. The number of hydrogen-bond donors (Lipinski definition) is 1. The first-order chi connectivity index (χ1) is 11.6. The summed E-state index contributed by atoms with van der Waals surface area (Å²) in [5.74, 6) is -1.36. The number of carbonyl (C=O) groups is 1. The maximum atomic E-state index is 13.3. The first kappa shape index (κ1) is 16.0. The first-order valence-electron chi connectivity index (χ1n) is 7.78. The molecule has 24 heavy (non-hydrogen) atoms. The second-order valence-electron chi connectivity index (χ2n) is 5.49. The monoisotopic (exact) mass is 328 g/mol. The molecule has 0 aliphatic rings. The Morgan fingerprint density at radius 1 is 1.12 bits per heavy atom. The lowest BCUT2D eigenvalue weighted by atomic mass is 10.1. The molecule has 2 aromatic carbocycles. The largest absolute Gasteiger partial charge is 0.428 e. The van der Waals surface area contributed by atoms with Crippen molar-refractivity contribution in [2.45, 2.75) is 19.3 Å². The van der Waals surface area contributed by atoms with E-state index >= 15 is 0 Å². The smallest absolute Gasteiger partial charge is 0.407 e. The Morgan fingerprint density at radius 2 is 1.92 bits per heavy atom. The summed E-state index contributed by atoms with van der Waals surface area (Å²) < 4.78 is 19.1. The number of oxazole rings is 1. The van der Waals surface area contributed by atoms with Crippen molar-refractivity contribution in [3.63, 3.8) is 0 Å². The van der Waals surface area contributed by atoms with Crippen molar-refractivity contribution < 1.29 is 13.6 Å². The number of aromatic nitrogens is 1. The summed E-state index contributed by atoms with van der Waals surface area (Å²) in [6.45, 7) is 0.431. The van der Waals surface area contributed by atoms with E-state index in [9.17, 15) is 14.0 Å². The minimum Gasteiger partial charge on any atom is -0.407 e. The van der Waals surface area contributed by atoms with Gasteiger partial charge in [0.2, 0.25) is 0 Å². The number of carbonyl (C=O) groups excluding carboxylic acids is 1. The Bertz CT molecular complexity index is 900. The quantitative estimate of drug-likeness (QED) is 0.731. The van der Waals surface area contributed by atoms with E-state index in [2.05, 4.69) is 17.4 Å². The highest BCUT2D eigenvalue weighted by molar-refractivity contribution is 5.87. The van der Waals surface area contributed by atoms with E-state index in [1.54, 1.807) is 0 Å². The second-order valence-corrected chi connectivity index (χ2v) is 5.49. The van der Waals surface area contributed by atoms with Crippen LogP contribution in [0.3, 0.4) is 0 Å². The van der Waals surface area contributed by atoms with Crippen LogP contribution in [0, 0.1) is 5.82 Å². The summed E-state index contributed by atoms with van der Waals surface area (Å²) in [5.41, 5.74) is 1.55. The third kappa shape index (κ3) is 3.53. The van der Waals surface area contributed by atoms with Gasteiger partial charge in [0.15, 0.2) is 5.58 Å². The van der Waals surface area contributed by atoms with Gasteiger partial charge >= 0.3 is 11.8 Å². The molecule has 0 fully saturated rings. The summed E-state index contributed by atoms with van der Waals surface area (Å²) in [4.78, 5) is 23.9. The van der Waals surface area contributed by atoms with E-state index in [0.717, 1.165) is 29.9 Å². The molecular formula is C18H17FN2O3. The van der Waals surface area contributed by atoms with Gasteiger partial charge in [-0.1, -0.05) is 30.3 Å². The fourth-order valence-corrected chi connectivity index (χ4v) is 2.56. The highest BCUT2D eigenvalue weighted by Gasteiger charge is 2.16. The predicted molar refractivity (Wildman–Crippen MR) is 88.6 cm³/mol. The molecule has 0 radical (unpaired) electrons. The minimum absolute atomic E-state index is 0.127. The lowest BCUT2D eigenvalue weighted by Gasteiger charge is -2.05. The van der Waals surface area contributed by atoms with Crippen LogP contribution in [0.25, 0.3) is 11.1 Å². The number of unbranched alkanes of at least 4 members (excludes halogenated alkanes) is 1. The molecule has 0 bridgehead atoms. The SMILES string of the molecule is O=C(NCCCCc1ccccc1)n1c(=O)oc2ccc(F)cc21. The molecule has 0 unspecified atom stereocenters. The molecule has 1 aromatic heterocycles. The van der Waals surface area contributed by atoms with Crippen molar-refractivity contribution in [1.29, 1.82) is 0 Å². The van der Waals surface area contributed by atoms with Gasteiger partial charge in [-0.05, 0) is 37.0 Å². The Kier molecular flexibility index (Phi) is 4.74. The first-order valence-corrected chi connectivity index (χ1v) is 7.78. The fraction of sp³-hybridized carbons (Fsp3) is 0.222. The van der Waals surface area contributed by atoms with Gasteiger partial charge in [0.25, 0.3) is 0 Å². The van der Waals surface area contributed by atoms with Crippen molar-refractivity contribution in [2.24, 2.45) is 0 Å². The lowest BCUT2D eigenvalue weighted by molar-refractivity contribution is 0.241. The zero-order valence-corrected chi connectivity index (χ0v) is 13.0. The van der Waals surface area contributed by atoms with E-state index in [4.69, 9.17) is 4.42 Å². The van der Waals surface area contributed by atoms with Crippen LogP contribution in [-0.4, -0.2) is 17.1 Å². The van der Waals surface area contributed by atoms with Gasteiger partial charge < -0.3 is 9.73 Å². The molecule has 3 aromatic rings. The average Bonchev–Trinajstić information content (AvgIpc) is 2.90. The molecule has 1 amide bonds. The zero-order chi connectivity index (χ0) is 16.9. The van der Waals surface area contributed by atoms with Crippen molar-refractivity contribution >= 4 is 17.1 Å². The van der Waals surface area contributed by atoms with Crippen LogP contribution >= 0.6 is 0 Å². The summed E-state index contributed by atoms with van der Waals surface area (Å²) in [5, 5.41) is 2.67. The molecule has 124 valence electrons. The minimum atomic E-state index is -0.822. The number of nitrogens with zero attached hydrogens (tertiary/aromatic N) is 1. The van der Waals surface area contributed by atoms with E-state index in [1.807, 2.05) is 18.2 Å². The molecule has 0 aliphatic heterocycles. The second kappa shape index (κ2) is 7.12. The number of halogens is 1. The molecule has 0 spiro atoms. The molecule has 5 nitrogen and oxygen atoms in total. The Balaban J connectivity index is 1.57. The van der Waals surface area contributed by atoms with Crippen molar-refractivity contribution in [3.05, 3.63) is 70.5 Å². The molecule has 0 saturated carbocycles. The fourth-order valence-electron chi connectivity index (χ4n) is 2.56. The summed E-state index contributed by atoms with van der Waals surface area (Å²) in [7, 11) is 0. The molecule has 1 N–H and O–H groups in total. The molecule has 0 atom stereocenters. The van der Waals surface area contributed by atoms with E-state index in [0.29, 0.717) is 6.54 Å². The van der Waals surface area contributed by atoms with Gasteiger partial charge in [-0.2, -0.15) is 4.57 Å². The van der Waals surface area contributed by atoms with Crippen molar-refractivity contribution in [3.8, 4) is 0 Å². The van der Waals surface area contributed by atoms with Gasteiger partial charge in [-0.15, -0.1) is 0 Å². The molecule has 1 heterocycles. The van der Waals surface area contributed by atoms with Crippen LogP contribution in [0.5, 0.6) is 0 Å². The Hall–Kier alpha value is -2.89. The summed E-state index contributed by atoms with van der Waals surface area (Å²) in [6.07, 6.45) is 2.62. The Labute approximate surface area is 137 Å². The number of rotatable bonds is 5. The third-order valence-electron chi connectivity index (χ3n) is 3.76. The third-order valence-corrected chi connectivity index (χ3v) is 3.76. The molecule has 3 rings (SSSR count). The van der Waals surface area contributed by atoms with Crippen LogP contribution in [0.4, 0.5) is 9.18 Å². The van der Waals surface area contributed by atoms with Gasteiger partial charge in [-0.3, -0.25) is 0 Å². The van der Waals surface area contributed by atoms with Gasteiger partial charge in [0.05, 0.1) is 0 Å². The normalized spacial score (nSPS) is 10.9. The molecule has 6 heteroatoms. The van der Waals surface area contributed by atoms with Crippen LogP contribution in [-0.2, 0) is 6.42 Å². The average molecular weight is 328 g/mol. The number of hydrogen-bond acceptors (Lipinski definition) is 3. The summed E-state index contributed by atoms with van der Waals surface area (Å²) in [6, 6.07) is 13.1. The highest BCUT2D eigenvalue weighted by Crippen LogP contribution is 2.14. The van der Waals surface area contributed by atoms with Crippen LogP contribution in [0.2, 0.25) is 0 Å². The van der Waals surface area contributed by atoms with Crippen LogP contribution in [0.15, 0.2) is 57.7 Å². The molecular weight excluding hydrogens is 311 g/mol. The number of aryl methyl sites for hydroxylation is 1. The number of fused-ring (bicyclic) bond motifs is 1. The van der Waals surface area contributed by atoms with Crippen molar-refractivity contribution in [1.82, 2.24) is 9.88 Å². The molecule has 0 saturated heterocycles. The van der Waals surface area contributed by atoms with Crippen molar-refractivity contribution in [2.75, 3.05) is 6.54 Å². The Morgan fingerprint density at radius 3 is 2.71 bits per heavy atom. The van der Waals surface area contributed by atoms with Crippen LogP contribution in [0.1, 0.15) is 18.4 Å². The number of amides is 1. The molecule has 0 aliphatic carbocycles. The van der Waals surface area contributed by atoms with E-state index in [-0.39, 0.29) is 11.1 Å². The van der Waals surface area contributed by atoms with Crippen LogP contribution < -0.4 is 11.1 Å². The zero-order valence-electron chi connectivity index (χ0n) is 13.0. The topological polar surface area (TPSA) is 64.2 Å². The van der Waals surface area contributed by atoms with E-state index in [1.165, 1.54) is 17.7 Å². The van der Waals surface area contributed by atoms with E-state index < -0.39 is 17.6 Å². The predicted octanol–water partition coefficient (Wildman–Crippen LogP) is 3.31.